The van der Waals surface area contributed by atoms with Crippen molar-refractivity contribution in [3.05, 3.63) is 94.1 Å². The molecule has 0 radical (unpaired) electrons. The highest BCUT2D eigenvalue weighted by Crippen LogP contribution is 2.35. The number of benzene rings is 3. The average molecular weight is 461 g/mol. The molecule has 0 unspecified atom stereocenters. The molecule has 1 N–H and O–H groups in total. The Labute approximate surface area is 198 Å². The first kappa shape index (κ1) is 22.6. The number of ether oxygens (including phenoxy) is 1. The van der Waals surface area contributed by atoms with Gasteiger partial charge in [-0.05, 0) is 73.4 Å². The van der Waals surface area contributed by atoms with Gasteiger partial charge in [0.15, 0.2) is 0 Å². The molecule has 3 aromatic rings. The Morgan fingerprint density at radius 1 is 0.909 bits per heavy atom. The summed E-state index contributed by atoms with van der Waals surface area (Å²) in [5.41, 5.74) is 4.53. The van der Waals surface area contributed by atoms with Crippen molar-refractivity contribution in [1.82, 2.24) is 0 Å². The van der Waals surface area contributed by atoms with E-state index >= 15 is 0 Å². The number of halogens is 1. The molecule has 0 fully saturated rings. The number of hydrogen-bond donors (Lipinski definition) is 1. The zero-order valence-electron chi connectivity index (χ0n) is 18.8. The van der Waals surface area contributed by atoms with Crippen LogP contribution in [0.15, 0.2) is 72.4 Å². The minimum absolute atomic E-state index is 0.228. The third-order valence-corrected chi connectivity index (χ3v) is 5.79. The van der Waals surface area contributed by atoms with E-state index in [9.17, 15) is 9.59 Å². The van der Waals surface area contributed by atoms with Crippen molar-refractivity contribution < 1.29 is 14.3 Å². The van der Waals surface area contributed by atoms with Crippen LogP contribution in [0.1, 0.15) is 30.0 Å². The first-order valence-electron chi connectivity index (χ1n) is 10.8. The van der Waals surface area contributed by atoms with E-state index < -0.39 is 5.91 Å². The molecule has 1 aliphatic rings. The van der Waals surface area contributed by atoms with Gasteiger partial charge >= 0.3 is 0 Å². The lowest BCUT2D eigenvalue weighted by Crippen LogP contribution is -2.32. The minimum atomic E-state index is -0.421. The van der Waals surface area contributed by atoms with Crippen LogP contribution in [-0.4, -0.2) is 18.4 Å². The number of imide groups is 1. The smallest absolute Gasteiger partial charge is 0.282 e. The zero-order valence-corrected chi connectivity index (χ0v) is 19.6. The van der Waals surface area contributed by atoms with Gasteiger partial charge in [-0.1, -0.05) is 42.8 Å². The number of nitrogens with zero attached hydrogens (tertiary/aromatic N) is 1. The minimum Gasteiger partial charge on any atom is -0.494 e. The van der Waals surface area contributed by atoms with Crippen LogP contribution in [0.4, 0.5) is 11.4 Å². The lowest BCUT2D eigenvalue weighted by molar-refractivity contribution is -0.120. The van der Waals surface area contributed by atoms with Gasteiger partial charge in [0.1, 0.15) is 11.4 Å². The maximum Gasteiger partial charge on any atom is 0.282 e. The third-order valence-electron chi connectivity index (χ3n) is 5.54. The van der Waals surface area contributed by atoms with Gasteiger partial charge < -0.3 is 10.1 Å². The van der Waals surface area contributed by atoms with Crippen molar-refractivity contribution >= 4 is 40.4 Å². The summed E-state index contributed by atoms with van der Waals surface area (Å²) in [6.07, 6.45) is 0.892. The number of carbonyl (C=O) groups is 2. The summed E-state index contributed by atoms with van der Waals surface area (Å²) in [6.45, 7) is 6.63. The maximum atomic E-state index is 13.6. The monoisotopic (exact) mass is 460 g/mol. The van der Waals surface area contributed by atoms with Gasteiger partial charge in [-0.15, -0.1) is 0 Å². The number of hydrogen-bond acceptors (Lipinski definition) is 4. The molecule has 0 bridgehead atoms. The van der Waals surface area contributed by atoms with Gasteiger partial charge in [0.25, 0.3) is 11.8 Å². The van der Waals surface area contributed by atoms with Crippen molar-refractivity contribution in [3.8, 4) is 5.75 Å². The second-order valence-electron chi connectivity index (χ2n) is 7.97. The highest BCUT2D eigenvalue weighted by atomic mass is 35.5. The largest absolute Gasteiger partial charge is 0.494 e. The highest BCUT2D eigenvalue weighted by Gasteiger charge is 2.40. The molecule has 168 valence electrons. The molecular formula is C27H25ClN2O3. The third kappa shape index (κ3) is 4.64. The number of rotatable bonds is 7. The first-order valence-corrected chi connectivity index (χ1v) is 11.2. The van der Waals surface area contributed by atoms with Gasteiger partial charge in [-0.25, -0.2) is 4.90 Å². The fraction of sp³-hybridized carbons (Fsp3) is 0.185. The van der Waals surface area contributed by atoms with Crippen LogP contribution < -0.4 is 15.0 Å². The summed E-state index contributed by atoms with van der Waals surface area (Å²) in [5.74, 6) is -0.108. The average Bonchev–Trinajstić information content (AvgIpc) is 3.04. The molecule has 1 heterocycles. The SMILES string of the molecule is CCCOc1cccc(NC2=C(c3ccc(C)c(C)c3)C(=O)N(c3ccc(Cl)cc3)C2=O)c1. The van der Waals surface area contributed by atoms with Crippen LogP contribution in [0, 0.1) is 13.8 Å². The van der Waals surface area contributed by atoms with Crippen molar-refractivity contribution in [2.75, 3.05) is 16.8 Å². The van der Waals surface area contributed by atoms with E-state index in [1.807, 2.05) is 63.2 Å². The van der Waals surface area contributed by atoms with E-state index in [1.54, 1.807) is 24.3 Å². The Bertz CT molecular complexity index is 1250. The van der Waals surface area contributed by atoms with E-state index in [2.05, 4.69) is 5.32 Å². The van der Waals surface area contributed by atoms with E-state index in [0.717, 1.165) is 17.5 Å². The fourth-order valence-corrected chi connectivity index (χ4v) is 3.79. The van der Waals surface area contributed by atoms with E-state index in [4.69, 9.17) is 16.3 Å². The Hall–Kier alpha value is -3.57. The zero-order chi connectivity index (χ0) is 23.5. The molecule has 0 saturated heterocycles. The highest BCUT2D eigenvalue weighted by molar-refractivity contribution is 6.46. The Morgan fingerprint density at radius 3 is 2.36 bits per heavy atom. The van der Waals surface area contributed by atoms with Gasteiger partial charge in [0.05, 0.1) is 17.9 Å². The van der Waals surface area contributed by atoms with Gasteiger partial charge in [-0.3, -0.25) is 9.59 Å². The molecule has 3 aromatic carbocycles. The molecule has 0 aliphatic carbocycles. The van der Waals surface area contributed by atoms with E-state index in [1.165, 1.54) is 4.90 Å². The number of aryl methyl sites for hydroxylation is 2. The molecule has 2 amide bonds. The Kier molecular flexibility index (Phi) is 6.52. The number of amides is 2. The quantitative estimate of drug-likeness (QED) is 0.430. The standard InChI is InChI=1S/C27H25ClN2O3/c1-4-14-33-23-7-5-6-21(16-23)29-25-24(19-9-8-17(2)18(3)15-19)26(31)30(27(25)32)22-12-10-20(28)11-13-22/h5-13,15-16,29H,4,14H2,1-3H3. The van der Waals surface area contributed by atoms with Crippen LogP contribution in [0.3, 0.4) is 0 Å². The number of nitrogens with one attached hydrogen (secondary N) is 1. The molecule has 6 heteroatoms. The van der Waals surface area contributed by atoms with Gasteiger partial charge in [0.2, 0.25) is 0 Å². The molecule has 1 aliphatic heterocycles. The van der Waals surface area contributed by atoms with E-state index in [-0.39, 0.29) is 11.6 Å². The molecule has 0 spiro atoms. The predicted octanol–water partition coefficient (Wildman–Crippen LogP) is 6.14. The molecule has 33 heavy (non-hydrogen) atoms. The van der Waals surface area contributed by atoms with E-state index in [0.29, 0.717) is 39.9 Å². The predicted molar refractivity (Wildman–Crippen MR) is 133 cm³/mol. The Balaban J connectivity index is 1.78. The van der Waals surface area contributed by atoms with Crippen molar-refractivity contribution in [1.29, 1.82) is 0 Å². The summed E-state index contributed by atoms with van der Waals surface area (Å²) < 4.78 is 5.72. The topological polar surface area (TPSA) is 58.6 Å². The summed E-state index contributed by atoms with van der Waals surface area (Å²) >= 11 is 6.01. The van der Waals surface area contributed by atoms with Gasteiger partial charge in [0, 0.05) is 16.8 Å². The molecule has 0 atom stereocenters. The summed E-state index contributed by atoms with van der Waals surface area (Å²) in [7, 11) is 0. The van der Waals surface area contributed by atoms with Crippen LogP contribution in [0.25, 0.3) is 5.57 Å². The maximum absolute atomic E-state index is 13.6. The van der Waals surface area contributed by atoms with Crippen molar-refractivity contribution in [3.63, 3.8) is 0 Å². The van der Waals surface area contributed by atoms with Crippen LogP contribution >= 0.6 is 11.6 Å². The molecular weight excluding hydrogens is 436 g/mol. The summed E-state index contributed by atoms with van der Waals surface area (Å²) in [5, 5.41) is 3.72. The normalized spacial score (nSPS) is 13.6. The van der Waals surface area contributed by atoms with Crippen LogP contribution in [0.5, 0.6) is 5.75 Å². The molecule has 5 nitrogen and oxygen atoms in total. The lowest BCUT2D eigenvalue weighted by Gasteiger charge is -2.15. The van der Waals surface area contributed by atoms with Crippen molar-refractivity contribution in [2.24, 2.45) is 0 Å². The molecule has 4 rings (SSSR count). The second-order valence-corrected chi connectivity index (χ2v) is 8.41. The molecule has 0 saturated carbocycles. The Morgan fingerprint density at radius 2 is 1.67 bits per heavy atom. The number of carbonyl (C=O) groups excluding carboxylic acids is 2. The van der Waals surface area contributed by atoms with Crippen LogP contribution in [-0.2, 0) is 9.59 Å². The first-order chi connectivity index (χ1) is 15.9. The summed E-state index contributed by atoms with van der Waals surface area (Å²) in [6, 6.07) is 19.8. The number of anilines is 2. The van der Waals surface area contributed by atoms with Gasteiger partial charge in [-0.2, -0.15) is 0 Å². The van der Waals surface area contributed by atoms with Crippen LogP contribution in [0.2, 0.25) is 5.02 Å². The second kappa shape index (κ2) is 9.51. The summed E-state index contributed by atoms with van der Waals surface area (Å²) in [4.78, 5) is 28.3. The van der Waals surface area contributed by atoms with Crippen molar-refractivity contribution in [2.45, 2.75) is 27.2 Å². The lowest BCUT2D eigenvalue weighted by atomic mass is 9.99. The fourth-order valence-electron chi connectivity index (χ4n) is 3.66. The molecule has 0 aromatic heterocycles.